The van der Waals surface area contributed by atoms with E-state index in [1.165, 1.54) is 18.2 Å². The quantitative estimate of drug-likeness (QED) is 0.773. The fraction of sp³-hybridized carbons (Fsp3) is 0.0625. The SMILES string of the molecule is Cc1ccccc1N1C(=O)c2ccc(C(=O)[O-])cc2C1=O. The van der Waals surface area contributed by atoms with Crippen molar-refractivity contribution in [2.24, 2.45) is 0 Å². The van der Waals surface area contributed by atoms with Gasteiger partial charge in [-0.25, -0.2) is 4.90 Å². The van der Waals surface area contributed by atoms with Gasteiger partial charge in [0.25, 0.3) is 11.8 Å². The van der Waals surface area contributed by atoms with Crippen LogP contribution >= 0.6 is 0 Å². The van der Waals surface area contributed by atoms with Crippen LogP contribution in [0.2, 0.25) is 0 Å². The van der Waals surface area contributed by atoms with E-state index in [0.717, 1.165) is 10.5 Å². The summed E-state index contributed by atoms with van der Waals surface area (Å²) in [6.07, 6.45) is 0. The maximum Gasteiger partial charge on any atom is 0.266 e. The largest absolute Gasteiger partial charge is 0.545 e. The number of imide groups is 1. The van der Waals surface area contributed by atoms with Crippen molar-refractivity contribution in [3.05, 3.63) is 64.7 Å². The topological polar surface area (TPSA) is 77.5 Å². The van der Waals surface area contributed by atoms with Gasteiger partial charge in [0.15, 0.2) is 0 Å². The van der Waals surface area contributed by atoms with Crippen LogP contribution in [0, 0.1) is 6.92 Å². The maximum absolute atomic E-state index is 12.4. The third kappa shape index (κ3) is 1.90. The number of rotatable bonds is 2. The van der Waals surface area contributed by atoms with Gasteiger partial charge in [-0.1, -0.05) is 24.3 Å². The van der Waals surface area contributed by atoms with E-state index in [-0.39, 0.29) is 16.7 Å². The highest BCUT2D eigenvalue weighted by Crippen LogP contribution is 2.30. The Kier molecular flexibility index (Phi) is 2.83. The van der Waals surface area contributed by atoms with Crippen molar-refractivity contribution < 1.29 is 19.5 Å². The zero-order valence-electron chi connectivity index (χ0n) is 11.1. The predicted molar refractivity (Wildman–Crippen MR) is 73.1 cm³/mol. The van der Waals surface area contributed by atoms with Gasteiger partial charge in [0.05, 0.1) is 22.8 Å². The molecule has 0 radical (unpaired) electrons. The van der Waals surface area contributed by atoms with Gasteiger partial charge in [0.1, 0.15) is 0 Å². The Morgan fingerprint density at radius 1 is 1.00 bits per heavy atom. The Morgan fingerprint density at radius 2 is 1.67 bits per heavy atom. The van der Waals surface area contributed by atoms with E-state index in [0.29, 0.717) is 5.69 Å². The summed E-state index contributed by atoms with van der Waals surface area (Å²) in [7, 11) is 0. The number of hydrogen-bond acceptors (Lipinski definition) is 4. The van der Waals surface area contributed by atoms with Crippen LogP contribution in [0.3, 0.4) is 0 Å². The van der Waals surface area contributed by atoms with Crippen molar-refractivity contribution in [3.63, 3.8) is 0 Å². The number of carbonyl (C=O) groups is 3. The van der Waals surface area contributed by atoms with E-state index in [9.17, 15) is 19.5 Å². The molecule has 0 aliphatic carbocycles. The molecule has 0 atom stereocenters. The third-order valence-corrected chi connectivity index (χ3v) is 3.48. The van der Waals surface area contributed by atoms with Crippen molar-refractivity contribution in [1.82, 2.24) is 0 Å². The van der Waals surface area contributed by atoms with Crippen LogP contribution in [-0.2, 0) is 0 Å². The lowest BCUT2D eigenvalue weighted by Gasteiger charge is -2.16. The minimum Gasteiger partial charge on any atom is -0.545 e. The van der Waals surface area contributed by atoms with Crippen LogP contribution < -0.4 is 10.0 Å². The minimum absolute atomic E-state index is 0.0879. The molecule has 0 bridgehead atoms. The summed E-state index contributed by atoms with van der Waals surface area (Å²) >= 11 is 0. The number of carboxylic acids is 1. The summed E-state index contributed by atoms with van der Waals surface area (Å²) in [5.41, 5.74) is 1.45. The fourth-order valence-corrected chi connectivity index (χ4v) is 2.40. The standard InChI is InChI=1S/C16H11NO4/c1-9-4-2-3-5-13(9)17-14(18)11-7-6-10(16(20)21)8-12(11)15(17)19/h2-8H,1H3,(H,20,21)/p-1. The number of carbonyl (C=O) groups excluding carboxylic acids is 3. The summed E-state index contributed by atoms with van der Waals surface area (Å²) < 4.78 is 0. The lowest BCUT2D eigenvalue weighted by molar-refractivity contribution is -0.255. The molecule has 2 amide bonds. The predicted octanol–water partition coefficient (Wildman–Crippen LogP) is 1.16. The summed E-state index contributed by atoms with van der Waals surface area (Å²) in [5, 5.41) is 10.9. The van der Waals surface area contributed by atoms with E-state index in [4.69, 9.17) is 0 Å². The van der Waals surface area contributed by atoms with Crippen LogP contribution in [-0.4, -0.2) is 17.8 Å². The van der Waals surface area contributed by atoms with Crippen molar-refractivity contribution >= 4 is 23.5 Å². The van der Waals surface area contributed by atoms with Crippen LogP contribution in [0.1, 0.15) is 36.6 Å². The number of aryl methyl sites for hydroxylation is 1. The average molecular weight is 280 g/mol. The van der Waals surface area contributed by atoms with E-state index in [1.54, 1.807) is 25.1 Å². The first kappa shape index (κ1) is 13.1. The highest BCUT2D eigenvalue weighted by atomic mass is 16.4. The molecule has 1 heterocycles. The molecule has 0 spiro atoms. The second kappa shape index (κ2) is 4.56. The van der Waals surface area contributed by atoms with E-state index in [2.05, 4.69) is 0 Å². The number of benzene rings is 2. The molecule has 5 heteroatoms. The van der Waals surface area contributed by atoms with Gasteiger partial charge < -0.3 is 9.90 Å². The summed E-state index contributed by atoms with van der Waals surface area (Å²) in [6.45, 7) is 1.80. The normalized spacial score (nSPS) is 13.5. The van der Waals surface area contributed by atoms with Crippen LogP contribution in [0.25, 0.3) is 0 Å². The third-order valence-electron chi connectivity index (χ3n) is 3.48. The first-order valence-electron chi connectivity index (χ1n) is 6.30. The van der Waals surface area contributed by atoms with Crippen molar-refractivity contribution in [3.8, 4) is 0 Å². The molecule has 104 valence electrons. The Balaban J connectivity index is 2.13. The van der Waals surface area contributed by atoms with Crippen LogP contribution in [0.15, 0.2) is 42.5 Å². The molecule has 0 saturated heterocycles. The number of anilines is 1. The maximum atomic E-state index is 12.4. The smallest absolute Gasteiger partial charge is 0.266 e. The molecule has 2 aromatic carbocycles. The zero-order chi connectivity index (χ0) is 15.1. The van der Waals surface area contributed by atoms with Crippen molar-refractivity contribution in [2.75, 3.05) is 4.90 Å². The molecule has 21 heavy (non-hydrogen) atoms. The Hall–Kier alpha value is -2.95. The number of carboxylic acid groups (broad SMARTS) is 1. The molecule has 0 aromatic heterocycles. The molecule has 2 aromatic rings. The molecule has 5 nitrogen and oxygen atoms in total. The monoisotopic (exact) mass is 280 g/mol. The number of amides is 2. The van der Waals surface area contributed by atoms with Gasteiger partial charge in [0, 0.05) is 0 Å². The number of hydrogen-bond donors (Lipinski definition) is 0. The first-order chi connectivity index (χ1) is 10.0. The van der Waals surface area contributed by atoms with E-state index in [1.807, 2.05) is 6.07 Å². The molecule has 1 aliphatic heterocycles. The summed E-state index contributed by atoms with van der Waals surface area (Å²) in [5.74, 6) is -2.35. The number of fused-ring (bicyclic) bond motifs is 1. The summed E-state index contributed by atoms with van der Waals surface area (Å²) in [4.78, 5) is 36.8. The summed E-state index contributed by atoms with van der Waals surface area (Å²) in [6, 6.07) is 10.8. The number of aromatic carboxylic acids is 1. The molecule has 0 unspecified atom stereocenters. The number of nitrogens with zero attached hydrogens (tertiary/aromatic N) is 1. The zero-order valence-corrected chi connectivity index (χ0v) is 11.1. The molecule has 0 saturated carbocycles. The lowest BCUT2D eigenvalue weighted by Crippen LogP contribution is -2.30. The van der Waals surface area contributed by atoms with Gasteiger partial charge in [-0.3, -0.25) is 9.59 Å². The molecule has 3 rings (SSSR count). The highest BCUT2D eigenvalue weighted by Gasteiger charge is 2.37. The molecule has 1 aliphatic rings. The fourth-order valence-electron chi connectivity index (χ4n) is 2.40. The van der Waals surface area contributed by atoms with Crippen LogP contribution in [0.4, 0.5) is 5.69 Å². The molecule has 0 fully saturated rings. The second-order valence-corrected chi connectivity index (χ2v) is 4.78. The van der Waals surface area contributed by atoms with Gasteiger partial charge in [-0.2, -0.15) is 0 Å². The Labute approximate surface area is 120 Å². The van der Waals surface area contributed by atoms with Crippen molar-refractivity contribution in [2.45, 2.75) is 6.92 Å². The Morgan fingerprint density at radius 3 is 2.33 bits per heavy atom. The van der Waals surface area contributed by atoms with Gasteiger partial charge in [-0.05, 0) is 36.2 Å². The van der Waals surface area contributed by atoms with Gasteiger partial charge in [-0.15, -0.1) is 0 Å². The molecular formula is C16H10NO4-. The average Bonchev–Trinajstić information content (AvgIpc) is 2.71. The first-order valence-corrected chi connectivity index (χ1v) is 6.30. The van der Waals surface area contributed by atoms with E-state index >= 15 is 0 Å². The van der Waals surface area contributed by atoms with Crippen molar-refractivity contribution in [1.29, 1.82) is 0 Å². The van der Waals surface area contributed by atoms with Gasteiger partial charge >= 0.3 is 0 Å². The second-order valence-electron chi connectivity index (χ2n) is 4.78. The molecule has 0 N–H and O–H groups in total. The highest BCUT2D eigenvalue weighted by molar-refractivity contribution is 6.34. The van der Waals surface area contributed by atoms with Crippen LogP contribution in [0.5, 0.6) is 0 Å². The lowest BCUT2D eigenvalue weighted by atomic mass is 10.1. The van der Waals surface area contributed by atoms with Gasteiger partial charge in [0.2, 0.25) is 0 Å². The van der Waals surface area contributed by atoms with E-state index < -0.39 is 17.8 Å². The minimum atomic E-state index is -1.38. The number of para-hydroxylation sites is 1. The Bertz CT molecular complexity index is 795. The molecular weight excluding hydrogens is 270 g/mol.